The topological polar surface area (TPSA) is 74.8 Å². The molecule has 16 heavy (non-hydrogen) atoms. The Labute approximate surface area is 101 Å². The molecule has 5 nitrogen and oxygen atoms in total. The average molecular weight is 266 g/mol. The minimum Gasteiger partial charge on any atom is -0.332 e. The highest BCUT2D eigenvalue weighted by atomic mass is 35.5. The molecule has 0 aromatic carbocycles. The van der Waals surface area contributed by atoms with Gasteiger partial charge in [0.1, 0.15) is 5.82 Å². The smallest absolute Gasteiger partial charge is 0.257 e. The number of aryl methyl sites for hydroxylation is 1. The Balaban J connectivity index is 2.56. The zero-order valence-corrected chi connectivity index (χ0v) is 10.7. The monoisotopic (exact) mass is 265 g/mol. The van der Waals surface area contributed by atoms with Crippen molar-refractivity contribution in [2.75, 3.05) is 12.4 Å². The second-order valence-electron chi connectivity index (χ2n) is 3.34. The van der Waals surface area contributed by atoms with Crippen LogP contribution in [0.4, 0.5) is 0 Å². The lowest BCUT2D eigenvalue weighted by Gasteiger charge is -2.03. The van der Waals surface area contributed by atoms with E-state index in [1.807, 2.05) is 6.92 Å². The Hall–Kier alpha value is -0.590. The largest absolute Gasteiger partial charge is 0.332 e. The molecule has 0 fully saturated rings. The number of nitrogens with one attached hydrogen (secondary N) is 2. The maximum atomic E-state index is 11.7. The Kier molecular flexibility index (Phi) is 5.24. The highest BCUT2D eigenvalue weighted by molar-refractivity contribution is 7.89. The molecule has 0 atom stereocenters. The van der Waals surface area contributed by atoms with E-state index < -0.39 is 10.0 Å². The number of halogens is 1. The van der Waals surface area contributed by atoms with E-state index in [9.17, 15) is 8.42 Å². The van der Waals surface area contributed by atoms with Crippen LogP contribution in [0.3, 0.4) is 0 Å². The van der Waals surface area contributed by atoms with Crippen LogP contribution in [-0.2, 0) is 16.4 Å². The van der Waals surface area contributed by atoms with Gasteiger partial charge < -0.3 is 4.98 Å². The molecule has 0 bridgehead atoms. The molecule has 0 radical (unpaired) electrons. The molecular weight excluding hydrogens is 250 g/mol. The Morgan fingerprint density at radius 1 is 1.50 bits per heavy atom. The zero-order valence-electron chi connectivity index (χ0n) is 9.16. The summed E-state index contributed by atoms with van der Waals surface area (Å²) in [6, 6.07) is 0. The van der Waals surface area contributed by atoms with Crippen LogP contribution in [0.25, 0.3) is 0 Å². The van der Waals surface area contributed by atoms with Crippen molar-refractivity contribution in [3.05, 3.63) is 12.0 Å². The van der Waals surface area contributed by atoms with Gasteiger partial charge in [0.15, 0.2) is 5.03 Å². The summed E-state index contributed by atoms with van der Waals surface area (Å²) in [4.78, 5) is 6.71. The fraction of sp³-hybridized carbons (Fsp3) is 0.667. The van der Waals surface area contributed by atoms with Crippen molar-refractivity contribution in [2.45, 2.75) is 31.2 Å². The average Bonchev–Trinajstić information content (AvgIpc) is 2.73. The molecule has 0 aliphatic rings. The van der Waals surface area contributed by atoms with Crippen LogP contribution in [0.2, 0.25) is 0 Å². The summed E-state index contributed by atoms with van der Waals surface area (Å²) in [6.45, 7) is 2.30. The highest BCUT2D eigenvalue weighted by Crippen LogP contribution is 2.05. The summed E-state index contributed by atoms with van der Waals surface area (Å²) >= 11 is 5.50. The lowest BCUT2D eigenvalue weighted by molar-refractivity contribution is 0.575. The van der Waals surface area contributed by atoms with Crippen molar-refractivity contribution in [1.82, 2.24) is 14.7 Å². The minimum atomic E-state index is -3.44. The van der Waals surface area contributed by atoms with E-state index in [-0.39, 0.29) is 5.03 Å². The molecule has 2 N–H and O–H groups in total. The molecule has 0 saturated carbocycles. The van der Waals surface area contributed by atoms with Crippen molar-refractivity contribution in [3.8, 4) is 0 Å². The number of nitrogens with zero attached hydrogens (tertiary/aromatic N) is 1. The summed E-state index contributed by atoms with van der Waals surface area (Å²) in [5.74, 6) is 1.22. The molecule has 7 heteroatoms. The van der Waals surface area contributed by atoms with Crippen molar-refractivity contribution in [1.29, 1.82) is 0 Å². The second-order valence-corrected chi connectivity index (χ2v) is 5.45. The van der Waals surface area contributed by atoms with Gasteiger partial charge in [-0.3, -0.25) is 0 Å². The highest BCUT2D eigenvalue weighted by Gasteiger charge is 2.15. The van der Waals surface area contributed by atoms with Gasteiger partial charge in [0.2, 0.25) is 0 Å². The number of H-pyrrole nitrogens is 1. The lowest BCUT2D eigenvalue weighted by atomic mass is 10.3. The second kappa shape index (κ2) is 6.22. The van der Waals surface area contributed by atoms with Crippen LogP contribution in [0.15, 0.2) is 11.2 Å². The molecule has 1 rings (SSSR count). The summed E-state index contributed by atoms with van der Waals surface area (Å²) in [5.41, 5.74) is 0. The summed E-state index contributed by atoms with van der Waals surface area (Å²) < 4.78 is 25.9. The van der Waals surface area contributed by atoms with Crippen molar-refractivity contribution in [3.63, 3.8) is 0 Å². The molecular formula is C9H16ClN3O2S. The first-order chi connectivity index (χ1) is 7.60. The van der Waals surface area contributed by atoms with Gasteiger partial charge in [-0.25, -0.2) is 18.1 Å². The normalized spacial score (nSPS) is 11.9. The standard InChI is InChI=1S/C9H16ClN3O2S/c1-2-8-11-7-9(13-8)16(14,15)12-6-4-3-5-10/h7,12H,2-6H2,1H3,(H,11,13). The molecule has 0 aliphatic heterocycles. The summed E-state index contributed by atoms with van der Waals surface area (Å²) in [7, 11) is -3.44. The molecule has 0 amide bonds. The summed E-state index contributed by atoms with van der Waals surface area (Å²) in [6.07, 6.45) is 3.55. The molecule has 92 valence electrons. The first kappa shape index (κ1) is 13.5. The van der Waals surface area contributed by atoms with E-state index in [1.54, 1.807) is 0 Å². The van der Waals surface area contributed by atoms with Crippen molar-refractivity contribution in [2.24, 2.45) is 0 Å². The van der Waals surface area contributed by atoms with Crippen LogP contribution >= 0.6 is 11.6 Å². The molecule has 1 heterocycles. The predicted molar refractivity (Wildman–Crippen MR) is 63.1 cm³/mol. The first-order valence-electron chi connectivity index (χ1n) is 5.19. The predicted octanol–water partition coefficient (Wildman–Crippen LogP) is 1.27. The molecule has 1 aromatic heterocycles. The number of hydrogen-bond donors (Lipinski definition) is 2. The van der Waals surface area contributed by atoms with Crippen LogP contribution in [0, 0.1) is 0 Å². The van der Waals surface area contributed by atoms with Gasteiger partial charge in [-0.15, -0.1) is 11.6 Å². The molecule has 0 saturated heterocycles. The summed E-state index contributed by atoms with van der Waals surface area (Å²) in [5, 5.41) is 0.121. The van der Waals surface area contributed by atoms with E-state index in [1.165, 1.54) is 6.20 Å². The number of alkyl halides is 1. The third-order valence-corrected chi connectivity index (χ3v) is 3.72. The Bertz CT molecular complexity index is 416. The molecule has 0 unspecified atom stereocenters. The maximum absolute atomic E-state index is 11.7. The van der Waals surface area contributed by atoms with E-state index in [0.717, 1.165) is 12.8 Å². The minimum absolute atomic E-state index is 0.121. The number of sulfonamides is 1. The molecule has 1 aromatic rings. The van der Waals surface area contributed by atoms with Crippen LogP contribution in [0.1, 0.15) is 25.6 Å². The van der Waals surface area contributed by atoms with Crippen molar-refractivity contribution >= 4 is 21.6 Å². The van der Waals surface area contributed by atoms with Gasteiger partial charge in [0, 0.05) is 18.8 Å². The van der Waals surface area contributed by atoms with E-state index in [0.29, 0.717) is 24.7 Å². The third-order valence-electron chi connectivity index (χ3n) is 2.08. The van der Waals surface area contributed by atoms with Crippen molar-refractivity contribution < 1.29 is 8.42 Å². The van der Waals surface area contributed by atoms with Gasteiger partial charge in [-0.05, 0) is 12.8 Å². The van der Waals surface area contributed by atoms with E-state index in [2.05, 4.69) is 14.7 Å². The lowest BCUT2D eigenvalue weighted by Crippen LogP contribution is -2.25. The van der Waals surface area contributed by atoms with Crippen LogP contribution < -0.4 is 4.72 Å². The van der Waals surface area contributed by atoms with Gasteiger partial charge >= 0.3 is 0 Å². The number of aromatic nitrogens is 2. The van der Waals surface area contributed by atoms with Crippen LogP contribution in [0.5, 0.6) is 0 Å². The number of rotatable bonds is 7. The number of aromatic amines is 1. The van der Waals surface area contributed by atoms with Gasteiger partial charge in [0.25, 0.3) is 10.0 Å². The number of unbranched alkanes of at least 4 members (excludes halogenated alkanes) is 1. The van der Waals surface area contributed by atoms with E-state index in [4.69, 9.17) is 11.6 Å². The Morgan fingerprint density at radius 2 is 2.25 bits per heavy atom. The first-order valence-corrected chi connectivity index (χ1v) is 7.21. The SMILES string of the molecule is CCc1ncc(S(=O)(=O)NCCCCCl)[nH]1. The molecule has 0 spiro atoms. The van der Waals surface area contributed by atoms with Gasteiger partial charge in [-0.2, -0.15) is 0 Å². The fourth-order valence-corrected chi connectivity index (χ4v) is 2.36. The number of imidazole rings is 1. The van der Waals surface area contributed by atoms with Gasteiger partial charge in [0.05, 0.1) is 6.20 Å². The van der Waals surface area contributed by atoms with Gasteiger partial charge in [-0.1, -0.05) is 6.92 Å². The molecule has 0 aliphatic carbocycles. The third kappa shape index (κ3) is 3.77. The van der Waals surface area contributed by atoms with E-state index >= 15 is 0 Å². The Morgan fingerprint density at radius 3 is 2.81 bits per heavy atom. The van der Waals surface area contributed by atoms with Crippen LogP contribution in [-0.4, -0.2) is 30.8 Å². The fourth-order valence-electron chi connectivity index (χ4n) is 1.16. The maximum Gasteiger partial charge on any atom is 0.257 e. The number of hydrogen-bond acceptors (Lipinski definition) is 3. The quantitative estimate of drug-likeness (QED) is 0.576. The zero-order chi connectivity index (χ0) is 12.0.